The number of carbonyl (C=O) groups excluding carboxylic acids is 1. The van der Waals surface area contributed by atoms with Crippen molar-refractivity contribution < 1.29 is 4.79 Å². The van der Waals surface area contributed by atoms with E-state index in [0.717, 1.165) is 16.8 Å². The van der Waals surface area contributed by atoms with Crippen molar-refractivity contribution >= 4 is 34.6 Å². The minimum atomic E-state index is -0.232. The van der Waals surface area contributed by atoms with Crippen molar-refractivity contribution in [1.82, 2.24) is 5.32 Å². The zero-order chi connectivity index (χ0) is 15.4. The van der Waals surface area contributed by atoms with E-state index in [-0.39, 0.29) is 11.0 Å². The molecule has 0 saturated heterocycles. The molecule has 2 aromatic rings. The maximum Gasteiger partial charge on any atom is 0.257 e. The number of nitrogens with one attached hydrogen (secondary N) is 2. The van der Waals surface area contributed by atoms with Gasteiger partial charge in [-0.15, -0.1) is 0 Å². The van der Waals surface area contributed by atoms with Crippen molar-refractivity contribution in [3.05, 3.63) is 59.2 Å². The zero-order valence-corrected chi connectivity index (χ0v) is 12.8. The van der Waals surface area contributed by atoms with Gasteiger partial charge >= 0.3 is 0 Å². The van der Waals surface area contributed by atoms with Gasteiger partial charge in [-0.05, 0) is 62.0 Å². The molecular formula is C16H17N3OS. The quantitative estimate of drug-likeness (QED) is 0.589. The normalized spacial score (nSPS) is 10.0. The molecule has 0 aliphatic heterocycles. The van der Waals surface area contributed by atoms with Gasteiger partial charge in [0.15, 0.2) is 5.11 Å². The van der Waals surface area contributed by atoms with Crippen molar-refractivity contribution in [3.63, 3.8) is 0 Å². The van der Waals surface area contributed by atoms with Gasteiger partial charge in [-0.2, -0.15) is 0 Å². The average Bonchev–Trinajstić information content (AvgIpc) is 2.42. The summed E-state index contributed by atoms with van der Waals surface area (Å²) in [6.07, 6.45) is 0. The van der Waals surface area contributed by atoms with Crippen LogP contribution < -0.4 is 16.4 Å². The Kier molecular flexibility index (Phi) is 4.55. The van der Waals surface area contributed by atoms with Gasteiger partial charge in [0.05, 0.1) is 0 Å². The molecule has 4 nitrogen and oxygen atoms in total. The van der Waals surface area contributed by atoms with Crippen molar-refractivity contribution in [3.8, 4) is 0 Å². The molecule has 0 aromatic heterocycles. The molecule has 0 fully saturated rings. The first kappa shape index (κ1) is 15.0. The van der Waals surface area contributed by atoms with Crippen LogP contribution in [0.2, 0.25) is 0 Å². The second kappa shape index (κ2) is 6.37. The number of nitrogen functional groups attached to an aromatic ring is 1. The lowest BCUT2D eigenvalue weighted by atomic mass is 10.1. The molecule has 0 atom stereocenters. The monoisotopic (exact) mass is 299 g/mol. The molecule has 5 heteroatoms. The van der Waals surface area contributed by atoms with Crippen LogP contribution in [0.3, 0.4) is 0 Å². The Morgan fingerprint density at radius 3 is 2.57 bits per heavy atom. The van der Waals surface area contributed by atoms with Gasteiger partial charge in [-0.3, -0.25) is 10.1 Å². The fourth-order valence-electron chi connectivity index (χ4n) is 1.94. The highest BCUT2D eigenvalue weighted by molar-refractivity contribution is 7.80. The Bertz CT molecular complexity index is 698. The second-order valence-electron chi connectivity index (χ2n) is 4.85. The summed E-state index contributed by atoms with van der Waals surface area (Å²) in [6, 6.07) is 12.8. The molecule has 4 N–H and O–H groups in total. The molecule has 21 heavy (non-hydrogen) atoms. The summed E-state index contributed by atoms with van der Waals surface area (Å²) in [5.41, 5.74) is 9.77. The minimum absolute atomic E-state index is 0.232. The number of anilines is 2. The molecule has 0 spiro atoms. The highest BCUT2D eigenvalue weighted by Gasteiger charge is 2.08. The van der Waals surface area contributed by atoms with E-state index < -0.39 is 0 Å². The third kappa shape index (κ3) is 4.03. The number of carbonyl (C=O) groups is 1. The highest BCUT2D eigenvalue weighted by atomic mass is 32.1. The number of nitrogens with two attached hydrogens (primary N) is 1. The van der Waals surface area contributed by atoms with Crippen LogP contribution in [0.1, 0.15) is 21.5 Å². The van der Waals surface area contributed by atoms with Crippen LogP contribution >= 0.6 is 12.2 Å². The van der Waals surface area contributed by atoms with Crippen molar-refractivity contribution in [2.24, 2.45) is 0 Å². The fourth-order valence-corrected chi connectivity index (χ4v) is 2.14. The maximum absolute atomic E-state index is 12.1. The van der Waals surface area contributed by atoms with E-state index in [4.69, 9.17) is 18.0 Å². The predicted octanol–water partition coefficient (Wildman–Crippen LogP) is 3.01. The van der Waals surface area contributed by atoms with E-state index in [2.05, 4.69) is 10.6 Å². The molecule has 0 unspecified atom stereocenters. The number of amides is 1. The molecule has 0 bridgehead atoms. The largest absolute Gasteiger partial charge is 0.399 e. The van der Waals surface area contributed by atoms with E-state index in [1.165, 1.54) is 0 Å². The SMILES string of the molecule is Cc1cccc(C(=O)NC(=S)Nc2ccc(N)cc2C)c1. The Morgan fingerprint density at radius 2 is 1.90 bits per heavy atom. The molecular weight excluding hydrogens is 282 g/mol. The number of rotatable bonds is 2. The second-order valence-corrected chi connectivity index (χ2v) is 5.26. The van der Waals surface area contributed by atoms with Crippen LogP contribution in [-0.2, 0) is 0 Å². The van der Waals surface area contributed by atoms with Crippen LogP contribution in [0.15, 0.2) is 42.5 Å². The summed E-state index contributed by atoms with van der Waals surface area (Å²) in [6.45, 7) is 3.86. The van der Waals surface area contributed by atoms with Crippen LogP contribution in [0.25, 0.3) is 0 Å². The fraction of sp³-hybridized carbons (Fsp3) is 0.125. The van der Waals surface area contributed by atoms with Crippen LogP contribution in [0.5, 0.6) is 0 Å². The van der Waals surface area contributed by atoms with E-state index in [0.29, 0.717) is 11.3 Å². The van der Waals surface area contributed by atoms with E-state index >= 15 is 0 Å². The molecule has 0 radical (unpaired) electrons. The lowest BCUT2D eigenvalue weighted by molar-refractivity contribution is 0.0977. The van der Waals surface area contributed by atoms with E-state index in [9.17, 15) is 4.79 Å². The molecule has 0 saturated carbocycles. The Balaban J connectivity index is 2.03. The highest BCUT2D eigenvalue weighted by Crippen LogP contribution is 2.17. The average molecular weight is 299 g/mol. The van der Waals surface area contributed by atoms with Gasteiger partial charge in [0, 0.05) is 16.9 Å². The van der Waals surface area contributed by atoms with Crippen molar-refractivity contribution in [2.75, 3.05) is 11.1 Å². The van der Waals surface area contributed by atoms with Crippen LogP contribution in [0, 0.1) is 13.8 Å². The minimum Gasteiger partial charge on any atom is -0.399 e. The number of hydrogen-bond donors (Lipinski definition) is 3. The Morgan fingerprint density at radius 1 is 1.14 bits per heavy atom. The molecule has 0 aliphatic carbocycles. The first-order chi connectivity index (χ1) is 9.95. The number of hydrogen-bond acceptors (Lipinski definition) is 3. The Labute approximate surface area is 129 Å². The molecule has 0 aliphatic rings. The summed E-state index contributed by atoms with van der Waals surface area (Å²) in [7, 11) is 0. The van der Waals surface area contributed by atoms with Gasteiger partial charge in [0.1, 0.15) is 0 Å². The van der Waals surface area contributed by atoms with Crippen LogP contribution in [-0.4, -0.2) is 11.0 Å². The van der Waals surface area contributed by atoms with Gasteiger partial charge in [0.25, 0.3) is 5.91 Å². The Hall–Kier alpha value is -2.40. The molecule has 2 aromatic carbocycles. The molecule has 1 amide bonds. The maximum atomic E-state index is 12.1. The lowest BCUT2D eigenvalue weighted by Gasteiger charge is -2.12. The summed E-state index contributed by atoms with van der Waals surface area (Å²) in [4.78, 5) is 12.1. The summed E-state index contributed by atoms with van der Waals surface area (Å²) >= 11 is 5.16. The lowest BCUT2D eigenvalue weighted by Crippen LogP contribution is -2.34. The standard InChI is InChI=1S/C16H17N3OS/c1-10-4-3-5-12(8-10)15(20)19-16(21)18-14-7-6-13(17)9-11(14)2/h3-9H,17H2,1-2H3,(H2,18,19,20,21). The smallest absolute Gasteiger partial charge is 0.257 e. The molecule has 2 rings (SSSR count). The van der Waals surface area contributed by atoms with Crippen LogP contribution in [0.4, 0.5) is 11.4 Å². The van der Waals surface area contributed by atoms with Crippen molar-refractivity contribution in [1.29, 1.82) is 0 Å². The van der Waals surface area contributed by atoms with Gasteiger partial charge in [-0.1, -0.05) is 17.7 Å². The predicted molar refractivity (Wildman–Crippen MR) is 90.5 cm³/mol. The number of benzene rings is 2. The van der Waals surface area contributed by atoms with Crippen molar-refractivity contribution in [2.45, 2.75) is 13.8 Å². The van der Waals surface area contributed by atoms with Gasteiger partial charge in [0.2, 0.25) is 0 Å². The first-order valence-electron chi connectivity index (χ1n) is 6.51. The van der Waals surface area contributed by atoms with Gasteiger partial charge in [-0.25, -0.2) is 0 Å². The first-order valence-corrected chi connectivity index (χ1v) is 6.91. The van der Waals surface area contributed by atoms with Gasteiger partial charge < -0.3 is 11.1 Å². The summed E-state index contributed by atoms with van der Waals surface area (Å²) in [5, 5.41) is 5.92. The van der Waals surface area contributed by atoms with E-state index in [1.807, 2.05) is 44.2 Å². The third-order valence-corrected chi connectivity index (χ3v) is 3.21. The molecule has 0 heterocycles. The topological polar surface area (TPSA) is 67.2 Å². The third-order valence-electron chi connectivity index (χ3n) is 3.01. The summed E-state index contributed by atoms with van der Waals surface area (Å²) in [5.74, 6) is -0.232. The van der Waals surface area contributed by atoms with E-state index in [1.54, 1.807) is 12.1 Å². The number of aryl methyl sites for hydroxylation is 2. The molecule has 108 valence electrons. The summed E-state index contributed by atoms with van der Waals surface area (Å²) < 4.78 is 0. The number of thiocarbonyl (C=S) groups is 1. The zero-order valence-electron chi connectivity index (χ0n) is 11.9.